The maximum Gasteiger partial charge on any atom is 0.240 e. The summed E-state index contributed by atoms with van der Waals surface area (Å²) < 4.78 is 34.8. The van der Waals surface area contributed by atoms with Gasteiger partial charge >= 0.3 is 0 Å². The molecule has 0 unspecified atom stereocenters. The van der Waals surface area contributed by atoms with Gasteiger partial charge in [-0.15, -0.1) is 0 Å². The van der Waals surface area contributed by atoms with Crippen molar-refractivity contribution in [3.8, 4) is 5.75 Å². The van der Waals surface area contributed by atoms with Gasteiger partial charge in [0.1, 0.15) is 11.6 Å². The van der Waals surface area contributed by atoms with Crippen LogP contribution in [0.25, 0.3) is 11.0 Å². The van der Waals surface area contributed by atoms with Crippen LogP contribution in [-0.2, 0) is 23.5 Å². The summed E-state index contributed by atoms with van der Waals surface area (Å²) in [5, 5.41) is 0. The standard InChI is InChI=1S/C19H23N3O3S/c1-13-5-7-16(11-14(13)2)26(23,24)20-10-9-19-21-17-12-15(25-4)6-8-18(17)22(19)3/h5-8,11-12,20H,9-10H2,1-4H3. The Labute approximate surface area is 153 Å². The van der Waals surface area contributed by atoms with Crippen molar-refractivity contribution >= 4 is 21.1 Å². The highest BCUT2D eigenvalue weighted by atomic mass is 32.2. The minimum absolute atomic E-state index is 0.281. The minimum atomic E-state index is -3.53. The number of aryl methyl sites for hydroxylation is 3. The summed E-state index contributed by atoms with van der Waals surface area (Å²) in [4.78, 5) is 4.87. The SMILES string of the molecule is COc1ccc2c(c1)nc(CCNS(=O)(=O)c1ccc(C)c(C)c1)n2C. The van der Waals surface area contributed by atoms with E-state index in [0.717, 1.165) is 33.7 Å². The van der Waals surface area contributed by atoms with Gasteiger partial charge in [-0.05, 0) is 49.2 Å². The van der Waals surface area contributed by atoms with E-state index in [1.165, 1.54) is 0 Å². The number of hydrogen-bond acceptors (Lipinski definition) is 4. The van der Waals surface area contributed by atoms with Crippen molar-refractivity contribution in [2.75, 3.05) is 13.7 Å². The van der Waals surface area contributed by atoms with Crippen LogP contribution in [0.3, 0.4) is 0 Å². The highest BCUT2D eigenvalue weighted by molar-refractivity contribution is 7.89. The van der Waals surface area contributed by atoms with Gasteiger partial charge in [0.2, 0.25) is 10.0 Å². The predicted octanol–water partition coefficient (Wildman–Crippen LogP) is 2.72. The predicted molar refractivity (Wildman–Crippen MR) is 102 cm³/mol. The second-order valence-corrected chi connectivity index (χ2v) is 8.10. The third-order valence-corrected chi connectivity index (χ3v) is 6.07. The first-order valence-electron chi connectivity index (χ1n) is 8.38. The van der Waals surface area contributed by atoms with Crippen LogP contribution in [0, 0.1) is 13.8 Å². The average Bonchev–Trinajstić information content (AvgIpc) is 2.92. The molecule has 0 spiro atoms. The number of nitrogens with zero attached hydrogens (tertiary/aromatic N) is 2. The molecule has 1 aromatic heterocycles. The van der Waals surface area contributed by atoms with E-state index in [0.29, 0.717) is 6.42 Å². The lowest BCUT2D eigenvalue weighted by atomic mass is 10.1. The average molecular weight is 373 g/mol. The van der Waals surface area contributed by atoms with Crippen LogP contribution in [0.4, 0.5) is 0 Å². The van der Waals surface area contributed by atoms with E-state index in [4.69, 9.17) is 4.74 Å². The smallest absolute Gasteiger partial charge is 0.240 e. The van der Waals surface area contributed by atoms with Crippen molar-refractivity contribution < 1.29 is 13.2 Å². The van der Waals surface area contributed by atoms with E-state index in [1.54, 1.807) is 19.2 Å². The normalized spacial score (nSPS) is 11.8. The zero-order chi connectivity index (χ0) is 18.9. The Morgan fingerprint density at radius 1 is 1.12 bits per heavy atom. The van der Waals surface area contributed by atoms with E-state index in [9.17, 15) is 8.42 Å². The van der Waals surface area contributed by atoms with Gasteiger partial charge in [0.15, 0.2) is 0 Å². The van der Waals surface area contributed by atoms with Crippen LogP contribution in [0.5, 0.6) is 5.75 Å². The van der Waals surface area contributed by atoms with Gasteiger partial charge in [0.25, 0.3) is 0 Å². The molecular formula is C19H23N3O3S. The molecule has 0 radical (unpaired) electrons. The lowest BCUT2D eigenvalue weighted by Gasteiger charge is -2.09. The Kier molecular flexibility index (Phi) is 5.02. The fraction of sp³-hybridized carbons (Fsp3) is 0.316. The van der Waals surface area contributed by atoms with Gasteiger partial charge in [0, 0.05) is 26.1 Å². The second-order valence-electron chi connectivity index (χ2n) is 6.34. The maximum atomic E-state index is 12.5. The van der Waals surface area contributed by atoms with Crippen LogP contribution in [-0.4, -0.2) is 31.6 Å². The lowest BCUT2D eigenvalue weighted by Crippen LogP contribution is -2.26. The van der Waals surface area contributed by atoms with Gasteiger partial charge in [0.05, 0.1) is 23.0 Å². The fourth-order valence-corrected chi connectivity index (χ4v) is 3.96. The molecule has 1 N–H and O–H groups in total. The monoisotopic (exact) mass is 373 g/mol. The summed E-state index contributed by atoms with van der Waals surface area (Å²) in [5.41, 5.74) is 3.84. The number of methoxy groups -OCH3 is 1. The topological polar surface area (TPSA) is 73.2 Å². The van der Waals surface area contributed by atoms with Crippen molar-refractivity contribution in [3.05, 3.63) is 53.3 Å². The molecule has 0 atom stereocenters. The molecule has 0 aliphatic heterocycles. The Hall–Kier alpha value is -2.38. The molecule has 3 aromatic rings. The molecule has 0 aliphatic rings. The van der Waals surface area contributed by atoms with E-state index in [2.05, 4.69) is 9.71 Å². The van der Waals surface area contributed by atoms with Crippen molar-refractivity contribution in [2.24, 2.45) is 7.05 Å². The molecule has 6 nitrogen and oxygen atoms in total. The molecule has 0 saturated heterocycles. The number of aromatic nitrogens is 2. The Morgan fingerprint density at radius 2 is 1.88 bits per heavy atom. The summed E-state index contributed by atoms with van der Waals surface area (Å²) in [6.45, 7) is 4.14. The quantitative estimate of drug-likeness (QED) is 0.721. The minimum Gasteiger partial charge on any atom is -0.497 e. The van der Waals surface area contributed by atoms with Crippen molar-refractivity contribution in [1.29, 1.82) is 0 Å². The molecule has 0 aliphatic carbocycles. The van der Waals surface area contributed by atoms with Gasteiger partial charge in [-0.1, -0.05) is 6.07 Å². The maximum absolute atomic E-state index is 12.5. The molecule has 0 saturated carbocycles. The van der Waals surface area contributed by atoms with Crippen LogP contribution < -0.4 is 9.46 Å². The van der Waals surface area contributed by atoms with Crippen LogP contribution in [0.1, 0.15) is 17.0 Å². The third-order valence-electron chi connectivity index (χ3n) is 4.61. The molecule has 0 fully saturated rings. The van der Waals surface area contributed by atoms with Crippen molar-refractivity contribution in [1.82, 2.24) is 14.3 Å². The largest absolute Gasteiger partial charge is 0.497 e. The number of ether oxygens (including phenoxy) is 1. The number of benzene rings is 2. The molecule has 1 heterocycles. The number of nitrogens with one attached hydrogen (secondary N) is 1. The lowest BCUT2D eigenvalue weighted by molar-refractivity contribution is 0.415. The van der Waals surface area contributed by atoms with E-state index < -0.39 is 10.0 Å². The van der Waals surface area contributed by atoms with Gasteiger partial charge in [-0.25, -0.2) is 18.1 Å². The van der Waals surface area contributed by atoms with E-state index in [-0.39, 0.29) is 11.4 Å². The summed E-state index contributed by atoms with van der Waals surface area (Å²) >= 11 is 0. The number of fused-ring (bicyclic) bond motifs is 1. The van der Waals surface area contributed by atoms with Crippen molar-refractivity contribution in [3.63, 3.8) is 0 Å². The molecule has 2 aromatic carbocycles. The van der Waals surface area contributed by atoms with E-state index >= 15 is 0 Å². The molecule has 138 valence electrons. The summed E-state index contributed by atoms with van der Waals surface area (Å²) in [6.07, 6.45) is 0.498. The summed E-state index contributed by atoms with van der Waals surface area (Å²) in [6, 6.07) is 10.9. The first-order valence-corrected chi connectivity index (χ1v) is 9.86. The highest BCUT2D eigenvalue weighted by Crippen LogP contribution is 2.21. The van der Waals surface area contributed by atoms with Crippen LogP contribution in [0.2, 0.25) is 0 Å². The first kappa shape index (κ1) is 18.4. The number of sulfonamides is 1. The van der Waals surface area contributed by atoms with Crippen molar-refractivity contribution in [2.45, 2.75) is 25.2 Å². The van der Waals surface area contributed by atoms with Gasteiger partial charge in [-0.2, -0.15) is 0 Å². The highest BCUT2D eigenvalue weighted by Gasteiger charge is 2.15. The second kappa shape index (κ2) is 7.09. The Bertz CT molecular complexity index is 1060. The molecule has 26 heavy (non-hydrogen) atoms. The first-order chi connectivity index (χ1) is 12.3. The van der Waals surface area contributed by atoms with Gasteiger partial charge in [-0.3, -0.25) is 0 Å². The molecule has 7 heteroatoms. The molecule has 0 bridgehead atoms. The third kappa shape index (κ3) is 3.59. The summed E-state index contributed by atoms with van der Waals surface area (Å²) in [7, 11) is 0.0129. The Morgan fingerprint density at radius 3 is 2.58 bits per heavy atom. The number of rotatable bonds is 6. The van der Waals surface area contributed by atoms with Crippen LogP contribution >= 0.6 is 0 Å². The molecular weight excluding hydrogens is 350 g/mol. The van der Waals surface area contributed by atoms with Gasteiger partial charge < -0.3 is 9.30 Å². The van der Waals surface area contributed by atoms with E-state index in [1.807, 2.05) is 49.7 Å². The summed E-state index contributed by atoms with van der Waals surface area (Å²) in [5.74, 6) is 1.56. The Balaban J connectivity index is 1.73. The number of hydrogen-bond donors (Lipinski definition) is 1. The zero-order valence-corrected chi connectivity index (χ0v) is 16.2. The zero-order valence-electron chi connectivity index (χ0n) is 15.4. The number of imidazole rings is 1. The molecule has 3 rings (SSSR count). The van der Waals surface area contributed by atoms with Crippen LogP contribution in [0.15, 0.2) is 41.3 Å². The fourth-order valence-electron chi connectivity index (χ4n) is 2.84. The molecule has 0 amide bonds.